The highest BCUT2D eigenvalue weighted by atomic mass is 16.5. The summed E-state index contributed by atoms with van der Waals surface area (Å²) in [5, 5.41) is 3.99. The molecule has 3 aromatic rings. The molecule has 1 atom stereocenters. The number of hydrogen-bond acceptors (Lipinski definition) is 5. The van der Waals surface area contributed by atoms with E-state index in [1.54, 1.807) is 11.9 Å². The fourth-order valence-electron chi connectivity index (χ4n) is 2.71. The fraction of sp³-hybridized carbons (Fsp3) is 0.286. The first-order valence-electron chi connectivity index (χ1n) is 8.93. The molecular formula is C21H23N3O3. The van der Waals surface area contributed by atoms with Gasteiger partial charge < -0.3 is 14.2 Å². The third-order valence-electron chi connectivity index (χ3n) is 4.16. The molecule has 1 aromatic heterocycles. The van der Waals surface area contributed by atoms with Gasteiger partial charge in [-0.05, 0) is 31.0 Å². The molecule has 6 nitrogen and oxygen atoms in total. The maximum Gasteiger partial charge on any atom is 0.263 e. The summed E-state index contributed by atoms with van der Waals surface area (Å²) in [6, 6.07) is 17.2. The number of aromatic nitrogens is 2. The molecule has 0 aliphatic carbocycles. The van der Waals surface area contributed by atoms with Crippen LogP contribution in [0.3, 0.4) is 0 Å². The predicted octanol–water partition coefficient (Wildman–Crippen LogP) is 3.86. The van der Waals surface area contributed by atoms with Crippen LogP contribution in [0.5, 0.6) is 5.75 Å². The summed E-state index contributed by atoms with van der Waals surface area (Å²) in [6.07, 6.45) is 0.00394. The fourth-order valence-corrected chi connectivity index (χ4v) is 2.71. The van der Waals surface area contributed by atoms with Crippen molar-refractivity contribution in [2.24, 2.45) is 0 Å². The normalized spacial score (nSPS) is 11.8. The topological polar surface area (TPSA) is 68.5 Å². The second-order valence-electron chi connectivity index (χ2n) is 6.40. The molecule has 27 heavy (non-hydrogen) atoms. The van der Waals surface area contributed by atoms with Crippen molar-refractivity contribution < 1.29 is 14.1 Å². The van der Waals surface area contributed by atoms with E-state index in [0.717, 1.165) is 11.1 Å². The van der Waals surface area contributed by atoms with E-state index < -0.39 is 6.10 Å². The van der Waals surface area contributed by atoms with E-state index in [9.17, 15) is 4.79 Å². The van der Waals surface area contributed by atoms with E-state index in [1.165, 1.54) is 0 Å². The summed E-state index contributed by atoms with van der Waals surface area (Å²) in [5.74, 6) is 1.45. The highest BCUT2D eigenvalue weighted by Gasteiger charge is 2.24. The third kappa shape index (κ3) is 4.73. The van der Waals surface area contributed by atoms with Crippen LogP contribution in [0.25, 0.3) is 11.4 Å². The van der Waals surface area contributed by atoms with Crippen molar-refractivity contribution in [3.05, 3.63) is 66.1 Å². The zero-order chi connectivity index (χ0) is 19.2. The average Bonchev–Trinajstić information content (AvgIpc) is 3.15. The molecule has 140 valence electrons. The number of ether oxygens (including phenoxy) is 1. The quantitative estimate of drug-likeness (QED) is 0.636. The first kappa shape index (κ1) is 18.6. The molecule has 0 fully saturated rings. The lowest BCUT2D eigenvalue weighted by molar-refractivity contribution is -0.138. The first-order chi connectivity index (χ1) is 13.1. The lowest BCUT2D eigenvalue weighted by atomic mass is 10.2. The Morgan fingerprint density at radius 2 is 1.96 bits per heavy atom. The van der Waals surface area contributed by atoms with Crippen LogP contribution in [-0.4, -0.2) is 34.1 Å². The van der Waals surface area contributed by atoms with E-state index in [0.29, 0.717) is 23.9 Å². The number of carbonyl (C=O) groups is 1. The average molecular weight is 365 g/mol. The lowest BCUT2D eigenvalue weighted by Crippen LogP contribution is -2.39. The Morgan fingerprint density at radius 3 is 2.67 bits per heavy atom. The number of benzene rings is 2. The van der Waals surface area contributed by atoms with Gasteiger partial charge in [0.1, 0.15) is 5.75 Å². The van der Waals surface area contributed by atoms with Crippen molar-refractivity contribution in [1.29, 1.82) is 0 Å². The first-order valence-corrected chi connectivity index (χ1v) is 8.93. The molecule has 0 saturated heterocycles. The van der Waals surface area contributed by atoms with Crippen molar-refractivity contribution in [2.75, 3.05) is 7.05 Å². The van der Waals surface area contributed by atoms with Gasteiger partial charge in [0.15, 0.2) is 6.10 Å². The van der Waals surface area contributed by atoms with Crippen molar-refractivity contribution in [1.82, 2.24) is 15.0 Å². The van der Waals surface area contributed by atoms with Crippen LogP contribution in [0.4, 0.5) is 0 Å². The van der Waals surface area contributed by atoms with Crippen LogP contribution in [0.1, 0.15) is 24.8 Å². The van der Waals surface area contributed by atoms with Gasteiger partial charge in [0, 0.05) is 12.6 Å². The van der Waals surface area contributed by atoms with Gasteiger partial charge in [-0.2, -0.15) is 4.98 Å². The zero-order valence-electron chi connectivity index (χ0n) is 15.8. The molecule has 2 aromatic carbocycles. The van der Waals surface area contributed by atoms with Crippen LogP contribution < -0.4 is 4.74 Å². The Hall–Kier alpha value is -3.15. The number of aryl methyl sites for hydroxylation is 1. The van der Waals surface area contributed by atoms with Gasteiger partial charge in [0.2, 0.25) is 11.7 Å². The minimum Gasteiger partial charge on any atom is -0.481 e. The summed E-state index contributed by atoms with van der Waals surface area (Å²) < 4.78 is 11.2. The van der Waals surface area contributed by atoms with Crippen molar-refractivity contribution in [3.63, 3.8) is 0 Å². The minimum atomic E-state index is -0.562. The lowest BCUT2D eigenvalue weighted by Gasteiger charge is -2.22. The van der Waals surface area contributed by atoms with Crippen molar-refractivity contribution >= 4 is 5.91 Å². The van der Waals surface area contributed by atoms with Crippen LogP contribution in [-0.2, 0) is 11.3 Å². The van der Waals surface area contributed by atoms with Crippen LogP contribution in [0.15, 0.2) is 59.1 Å². The molecule has 3 rings (SSSR count). The van der Waals surface area contributed by atoms with Gasteiger partial charge in [0.25, 0.3) is 5.91 Å². The molecule has 0 N–H and O–H groups in total. The van der Waals surface area contributed by atoms with E-state index in [2.05, 4.69) is 10.1 Å². The third-order valence-corrected chi connectivity index (χ3v) is 4.16. The van der Waals surface area contributed by atoms with E-state index >= 15 is 0 Å². The van der Waals surface area contributed by atoms with E-state index in [4.69, 9.17) is 9.26 Å². The summed E-state index contributed by atoms with van der Waals surface area (Å²) in [5.41, 5.74) is 1.96. The maximum absolute atomic E-state index is 12.8. The number of hydrogen-bond donors (Lipinski definition) is 0. The van der Waals surface area contributed by atoms with Gasteiger partial charge in [0.05, 0.1) is 6.54 Å². The van der Waals surface area contributed by atoms with Gasteiger partial charge in [-0.1, -0.05) is 54.5 Å². The van der Waals surface area contributed by atoms with Gasteiger partial charge in [-0.25, -0.2) is 0 Å². The van der Waals surface area contributed by atoms with Gasteiger partial charge >= 0.3 is 0 Å². The molecular weight excluding hydrogens is 342 g/mol. The molecule has 0 aliphatic heterocycles. The largest absolute Gasteiger partial charge is 0.481 e. The number of amides is 1. The molecule has 6 heteroatoms. The Balaban J connectivity index is 1.65. The van der Waals surface area contributed by atoms with Crippen molar-refractivity contribution in [3.8, 4) is 17.1 Å². The maximum atomic E-state index is 12.8. The van der Waals surface area contributed by atoms with Crippen molar-refractivity contribution in [2.45, 2.75) is 32.9 Å². The SMILES string of the molecule is CC[C@@H](Oc1cccc(C)c1)C(=O)N(C)Cc1nc(-c2ccccc2)no1. The summed E-state index contributed by atoms with van der Waals surface area (Å²) in [7, 11) is 1.71. The monoisotopic (exact) mass is 365 g/mol. The summed E-state index contributed by atoms with van der Waals surface area (Å²) >= 11 is 0. The van der Waals surface area contributed by atoms with Crippen LogP contribution in [0, 0.1) is 6.92 Å². The number of carbonyl (C=O) groups excluding carboxylic acids is 1. The molecule has 1 amide bonds. The smallest absolute Gasteiger partial charge is 0.263 e. The Labute approximate surface area is 158 Å². The number of likely N-dealkylation sites (N-methyl/N-ethyl adjacent to an activating group) is 1. The molecule has 0 unspecified atom stereocenters. The molecule has 0 radical (unpaired) electrons. The molecule has 1 heterocycles. The molecule has 0 aliphatic rings. The Bertz CT molecular complexity index is 892. The summed E-state index contributed by atoms with van der Waals surface area (Å²) in [4.78, 5) is 18.7. The number of rotatable bonds is 7. The van der Waals surface area contributed by atoms with E-state index in [1.807, 2.05) is 68.4 Å². The predicted molar refractivity (Wildman–Crippen MR) is 102 cm³/mol. The molecule has 0 saturated carbocycles. The minimum absolute atomic E-state index is 0.126. The van der Waals surface area contributed by atoms with E-state index in [-0.39, 0.29) is 12.5 Å². The number of nitrogens with zero attached hydrogens (tertiary/aromatic N) is 3. The standard InChI is InChI=1S/C21H23N3O3/c1-4-18(26-17-12-8-9-15(2)13-17)21(25)24(3)14-19-22-20(23-27-19)16-10-6-5-7-11-16/h5-13,18H,4,14H2,1-3H3/t18-/m1/s1. The molecule has 0 bridgehead atoms. The highest BCUT2D eigenvalue weighted by Crippen LogP contribution is 2.18. The van der Waals surface area contributed by atoms with Crippen LogP contribution in [0.2, 0.25) is 0 Å². The Kier molecular flexibility index (Phi) is 5.86. The molecule has 0 spiro atoms. The van der Waals surface area contributed by atoms with Gasteiger partial charge in [-0.3, -0.25) is 4.79 Å². The second-order valence-corrected chi connectivity index (χ2v) is 6.40. The highest BCUT2D eigenvalue weighted by molar-refractivity contribution is 5.80. The zero-order valence-corrected chi connectivity index (χ0v) is 15.8. The summed E-state index contributed by atoms with van der Waals surface area (Å²) in [6.45, 7) is 4.14. The van der Waals surface area contributed by atoms with Gasteiger partial charge in [-0.15, -0.1) is 0 Å². The van der Waals surface area contributed by atoms with Crippen LogP contribution >= 0.6 is 0 Å². The Morgan fingerprint density at radius 1 is 1.19 bits per heavy atom. The second kappa shape index (κ2) is 8.49.